The smallest absolute Gasteiger partial charge is 0.407 e. The lowest BCUT2D eigenvalue weighted by Crippen LogP contribution is -2.42. The highest BCUT2D eigenvalue weighted by atomic mass is 32.1. The molecule has 2 aliphatic rings. The Hall–Kier alpha value is -6.10. The molecule has 0 bridgehead atoms. The maximum absolute atomic E-state index is 13.9. The van der Waals surface area contributed by atoms with Crippen LogP contribution in [0, 0.1) is 0 Å². The van der Waals surface area contributed by atoms with Crippen molar-refractivity contribution in [2.75, 3.05) is 27.3 Å². The van der Waals surface area contributed by atoms with E-state index in [0.717, 1.165) is 84.4 Å². The minimum atomic E-state index is -0.871. The number of carbonyl (C=O) groups is 3. The lowest BCUT2D eigenvalue weighted by atomic mass is 10.0. The molecule has 4 aromatic carbocycles. The second-order valence-corrected chi connectivity index (χ2v) is 15.0. The summed E-state index contributed by atoms with van der Waals surface area (Å²) in [4.78, 5) is 74.3. The van der Waals surface area contributed by atoms with Crippen molar-refractivity contribution in [3.8, 4) is 11.3 Å². The van der Waals surface area contributed by atoms with Crippen molar-refractivity contribution >= 4 is 62.3 Å². The third-order valence-electron chi connectivity index (χ3n) is 11.4. The molecule has 63 heavy (non-hydrogen) atoms. The molecule has 0 saturated carbocycles. The van der Waals surface area contributed by atoms with Gasteiger partial charge in [0.15, 0.2) is 6.04 Å². The van der Waals surface area contributed by atoms with Gasteiger partial charge in [0.2, 0.25) is 6.40 Å². The van der Waals surface area contributed by atoms with Gasteiger partial charge in [-0.25, -0.2) is 19.8 Å². The van der Waals surface area contributed by atoms with Gasteiger partial charge in [-0.3, -0.25) is 9.59 Å². The molecule has 2 fully saturated rings. The van der Waals surface area contributed by atoms with Crippen molar-refractivity contribution in [2.45, 2.75) is 70.1 Å². The summed E-state index contributed by atoms with van der Waals surface area (Å²) < 4.78 is 4.84. The summed E-state index contributed by atoms with van der Waals surface area (Å²) in [7, 11) is 2.67. The maximum Gasteiger partial charge on any atom is 0.407 e. The first-order chi connectivity index (χ1) is 29.4. The van der Waals surface area contributed by atoms with Crippen LogP contribution in [0.15, 0.2) is 114 Å². The molecule has 0 unspecified atom stereocenters. The van der Waals surface area contributed by atoms with Crippen molar-refractivity contribution in [1.82, 2.24) is 35.1 Å². The topological polar surface area (TPSA) is 167 Å². The number of nitrogens with zero attached hydrogens (tertiary/aromatic N) is 5. The zero-order valence-corrected chi connectivity index (χ0v) is 36.6. The molecule has 3 N–H and O–H groups in total. The van der Waals surface area contributed by atoms with E-state index in [4.69, 9.17) is 19.6 Å². The number of nitrogens with one attached hydrogen (secondary N) is 3. The van der Waals surface area contributed by atoms with Crippen LogP contribution in [0.2, 0.25) is 0 Å². The fourth-order valence-electron chi connectivity index (χ4n) is 8.30. The van der Waals surface area contributed by atoms with Crippen LogP contribution in [0.25, 0.3) is 22.3 Å². The predicted octanol–water partition coefficient (Wildman–Crippen LogP) is 8.37. The third kappa shape index (κ3) is 10.9. The number of ether oxygens (including phenoxy) is 1. The highest BCUT2D eigenvalue weighted by Gasteiger charge is 2.38. The van der Waals surface area contributed by atoms with Gasteiger partial charge in [0, 0.05) is 13.1 Å². The fourth-order valence-corrected chi connectivity index (χ4v) is 8.30. The Morgan fingerprint density at radius 1 is 0.794 bits per heavy atom. The number of hydrogen-bond donors (Lipinski definition) is 3. The molecule has 0 spiro atoms. The summed E-state index contributed by atoms with van der Waals surface area (Å²) in [6.07, 6.45) is 7.28. The van der Waals surface area contributed by atoms with E-state index < -0.39 is 18.2 Å². The molecule has 3 amide bonds. The Morgan fingerprint density at radius 3 is 2.08 bits per heavy atom. The van der Waals surface area contributed by atoms with Crippen molar-refractivity contribution < 1.29 is 28.9 Å². The van der Waals surface area contributed by atoms with Crippen molar-refractivity contribution in [1.29, 1.82) is 0 Å². The largest absolute Gasteiger partial charge is 0.453 e. The second-order valence-electron chi connectivity index (χ2n) is 15.0. The number of amides is 3. The lowest BCUT2D eigenvalue weighted by molar-refractivity contribution is -0.188. The first-order valence-electron chi connectivity index (χ1n) is 20.3. The number of imidazole rings is 2. The SMILES string of the molecule is C.COOC=N[C@@H](C(=O)N1CCC[C@H]1c1ncc(-c2ccc(CCc3ccc4nc([C@@H]5CCCN5C(=O)[C@H](NC(=O)OC)c5ccccc5)[nH]c4c3)cc2)[nH]1)c1ccccc1.S.S. The van der Waals surface area contributed by atoms with Gasteiger partial charge in [-0.1, -0.05) is 98.4 Å². The molecule has 2 saturated heterocycles. The number of benzene rings is 4. The number of methoxy groups -OCH3 is 1. The van der Waals surface area contributed by atoms with Gasteiger partial charge in [-0.2, -0.15) is 31.9 Å². The average molecular weight is 893 g/mol. The Kier molecular flexibility index (Phi) is 17.0. The molecule has 4 heterocycles. The highest BCUT2D eigenvalue weighted by Crippen LogP contribution is 2.36. The number of hydrogen-bond acceptors (Lipinski definition) is 9. The van der Waals surface area contributed by atoms with Gasteiger partial charge < -0.3 is 34.7 Å². The number of alkyl carbamates (subject to hydrolysis) is 1. The van der Waals surface area contributed by atoms with Gasteiger partial charge in [0.1, 0.15) is 17.7 Å². The van der Waals surface area contributed by atoms with Crippen LogP contribution in [0.5, 0.6) is 0 Å². The molecule has 16 heteroatoms. The van der Waals surface area contributed by atoms with E-state index in [-0.39, 0.29) is 58.3 Å². The van der Waals surface area contributed by atoms with Crippen LogP contribution < -0.4 is 5.32 Å². The van der Waals surface area contributed by atoms with E-state index in [9.17, 15) is 14.4 Å². The molecule has 8 rings (SSSR count). The molecule has 6 aromatic rings. The third-order valence-corrected chi connectivity index (χ3v) is 11.4. The number of carbonyl (C=O) groups excluding carboxylic acids is 3. The van der Waals surface area contributed by atoms with Gasteiger partial charge in [0.05, 0.1) is 49.2 Å². The molecule has 0 radical (unpaired) electrons. The Bertz CT molecular complexity index is 2450. The van der Waals surface area contributed by atoms with Crippen LogP contribution in [0.1, 0.15) is 91.2 Å². The number of aryl methyl sites for hydroxylation is 2. The summed E-state index contributed by atoms with van der Waals surface area (Å²) in [5.41, 5.74) is 7.50. The van der Waals surface area contributed by atoms with Gasteiger partial charge >= 0.3 is 6.09 Å². The number of fused-ring (bicyclic) bond motifs is 1. The molecule has 332 valence electrons. The minimum absolute atomic E-state index is 0. The molecule has 14 nitrogen and oxygen atoms in total. The number of aromatic amines is 2. The van der Waals surface area contributed by atoms with E-state index in [1.54, 1.807) is 0 Å². The summed E-state index contributed by atoms with van der Waals surface area (Å²) >= 11 is 0. The van der Waals surface area contributed by atoms with E-state index in [2.05, 4.69) is 61.6 Å². The summed E-state index contributed by atoms with van der Waals surface area (Å²) in [6, 6.07) is 31.3. The van der Waals surface area contributed by atoms with E-state index in [1.807, 2.05) is 82.7 Å². The monoisotopic (exact) mass is 892 g/mol. The van der Waals surface area contributed by atoms with Crippen molar-refractivity contribution in [3.05, 3.63) is 143 Å². The first kappa shape index (κ1) is 47.9. The minimum Gasteiger partial charge on any atom is -0.453 e. The van der Waals surface area contributed by atoms with Crippen molar-refractivity contribution in [3.63, 3.8) is 0 Å². The average Bonchev–Trinajstić information content (AvgIpc) is 4.13. The predicted molar refractivity (Wildman–Crippen MR) is 253 cm³/mol. The molecular formula is C47H56N8O6S2. The second kappa shape index (κ2) is 22.3. The van der Waals surface area contributed by atoms with Gasteiger partial charge in [-0.05, 0) is 78.5 Å². The van der Waals surface area contributed by atoms with Crippen LogP contribution in [0.3, 0.4) is 0 Å². The molecule has 2 aromatic heterocycles. The van der Waals surface area contributed by atoms with Crippen LogP contribution in [0.4, 0.5) is 4.79 Å². The van der Waals surface area contributed by atoms with Crippen molar-refractivity contribution in [2.24, 2.45) is 4.99 Å². The number of H-pyrrole nitrogens is 2. The van der Waals surface area contributed by atoms with E-state index in [0.29, 0.717) is 18.7 Å². The molecule has 4 atom stereocenters. The number of aromatic nitrogens is 4. The Morgan fingerprint density at radius 2 is 1.41 bits per heavy atom. The standard InChI is InChI=1S/C46H48N8O6.CH4.2H2S/c1-58-46(57)52-41(34-13-7-4-8-14-34)45(56)54-26-10-16-39(54)43-49-35-24-21-31(27-36(35)50-43)18-17-30-19-22-32(23-20-30)37-28-47-42(51-37)38-15-9-25-53(38)44(55)40(48-29-60-59-2)33-11-5-3-6-12-33;;;/h3-8,11-14,19-24,27-29,38-41H,9-10,15-18,25-26H2,1-2H3,(H,47,51)(H,49,50)(H,52,57);1H4;2*1H2/t38-,39-,40+,41+;;;/m0.../s1. The van der Waals surface area contributed by atoms with E-state index >= 15 is 0 Å². The first-order valence-corrected chi connectivity index (χ1v) is 20.3. The maximum atomic E-state index is 13.9. The highest BCUT2D eigenvalue weighted by molar-refractivity contribution is 7.59. The van der Waals surface area contributed by atoms with Crippen LogP contribution >= 0.6 is 27.0 Å². The zero-order chi connectivity index (χ0) is 41.4. The Labute approximate surface area is 381 Å². The van der Waals surface area contributed by atoms with Crippen LogP contribution in [-0.2, 0) is 36.9 Å². The fraction of sp³-hybridized carbons (Fsp3) is 0.319. The van der Waals surface area contributed by atoms with Gasteiger partial charge in [0.25, 0.3) is 11.8 Å². The zero-order valence-electron chi connectivity index (χ0n) is 34.6. The Balaban J connectivity index is 0.00000249. The summed E-state index contributed by atoms with van der Waals surface area (Å²) in [5, 5.41) is 2.73. The number of likely N-dealkylation sites (tertiary alicyclic amines) is 2. The van der Waals surface area contributed by atoms with Crippen LogP contribution in [-0.4, -0.2) is 81.4 Å². The van der Waals surface area contributed by atoms with E-state index in [1.165, 1.54) is 25.3 Å². The summed E-state index contributed by atoms with van der Waals surface area (Å²) in [6.45, 7) is 1.18. The number of rotatable bonds is 14. The molecular weight excluding hydrogens is 837 g/mol. The quantitative estimate of drug-likeness (QED) is 0.0425. The molecule has 0 aliphatic carbocycles. The van der Waals surface area contributed by atoms with Gasteiger partial charge in [-0.15, -0.1) is 0 Å². The summed E-state index contributed by atoms with van der Waals surface area (Å²) in [5.74, 6) is 1.17. The normalized spacial score (nSPS) is 16.7. The molecule has 2 aliphatic heterocycles. The lowest BCUT2D eigenvalue weighted by Gasteiger charge is -2.28. The number of aliphatic imine (C=N–C) groups is 1.